The molecule has 2 aromatic carbocycles. The molecule has 15 nitrogen and oxygen atoms in total. The second kappa shape index (κ2) is 18.4. The lowest BCUT2D eigenvalue weighted by Gasteiger charge is -2.37. The molecule has 17 heteroatoms. The van der Waals surface area contributed by atoms with Crippen molar-refractivity contribution in [3.63, 3.8) is 0 Å². The van der Waals surface area contributed by atoms with Crippen LogP contribution in [0.4, 0.5) is 8.78 Å². The van der Waals surface area contributed by atoms with E-state index in [-0.39, 0.29) is 43.8 Å². The summed E-state index contributed by atoms with van der Waals surface area (Å²) < 4.78 is 34.5. The third-order valence-corrected chi connectivity index (χ3v) is 10.9. The molecule has 3 saturated heterocycles. The summed E-state index contributed by atoms with van der Waals surface area (Å²) >= 11 is 0. The van der Waals surface area contributed by atoms with Gasteiger partial charge in [0.1, 0.15) is 54.0 Å². The maximum Gasteiger partial charge on any atom is 0.329 e. The Bertz CT molecular complexity index is 1890. The second-order valence-electron chi connectivity index (χ2n) is 15.8. The topological polar surface area (TPSA) is 195 Å². The van der Waals surface area contributed by atoms with Gasteiger partial charge in [0, 0.05) is 32.6 Å². The van der Waals surface area contributed by atoms with E-state index in [2.05, 4.69) is 16.0 Å². The molecule has 2 aromatic rings. The zero-order valence-electron chi connectivity index (χ0n) is 33.5. The predicted octanol–water partition coefficient (Wildman–Crippen LogP) is 0.914. The molecular weight excluding hydrogens is 758 g/mol. The fourth-order valence-corrected chi connectivity index (χ4v) is 7.95. The highest BCUT2D eigenvalue weighted by molar-refractivity contribution is 5.98. The minimum atomic E-state index is -1.67. The van der Waals surface area contributed by atoms with E-state index < -0.39 is 108 Å². The number of aryl methyl sites for hydroxylation is 1. The van der Waals surface area contributed by atoms with Crippen LogP contribution in [0.5, 0.6) is 0 Å². The number of carbonyl (C=O) groups is 7. The smallest absolute Gasteiger partial charge is 0.329 e. The molecule has 0 saturated carbocycles. The monoisotopic (exact) mass is 810 g/mol. The third-order valence-electron chi connectivity index (χ3n) is 10.9. The number of nitrogens with zero attached hydrogens (tertiary/aromatic N) is 3. The number of amides is 6. The van der Waals surface area contributed by atoms with Crippen molar-refractivity contribution in [3.05, 3.63) is 70.8 Å². The number of hydrogen-bond donors (Lipinski definition) is 4. The van der Waals surface area contributed by atoms with Crippen LogP contribution in [0.25, 0.3) is 0 Å². The van der Waals surface area contributed by atoms with Gasteiger partial charge in [-0.3, -0.25) is 28.8 Å². The van der Waals surface area contributed by atoms with Crippen molar-refractivity contribution in [1.82, 2.24) is 30.7 Å². The number of rotatable bonds is 8. The number of halogens is 2. The van der Waals surface area contributed by atoms with Gasteiger partial charge in [0.2, 0.25) is 35.4 Å². The van der Waals surface area contributed by atoms with Crippen molar-refractivity contribution in [2.24, 2.45) is 5.92 Å². The summed E-state index contributed by atoms with van der Waals surface area (Å²) in [5, 5.41) is 18.5. The number of ether oxygens (including phenoxy) is 1. The predicted molar refractivity (Wildman–Crippen MR) is 204 cm³/mol. The Morgan fingerprint density at radius 1 is 0.931 bits per heavy atom. The standard InChI is InChI=1S/C41H52F2N6O9/c1-21-9-11-26(12-10-21)18-33(51)45-30(17-27-15-28(42)19-29(43)16-27)36(52)46-34-25(5)58-41(57)32-14-22(2)20-49(32)38(54)23(3)44-37(53)35(24(4)50)47(6)39(55)31-8-7-13-48(31)40(34)56/h9-12,15-16,19,22-25,30-32,34-35,50H,7-8,13-14,17-18,20H2,1-6H3,(H,44,53)(H,45,51)(H,46,52)/t22-,23-,24-,25-,30-,31-,32-,34-,35-/m0/s1. The largest absolute Gasteiger partial charge is 0.458 e. The van der Waals surface area contributed by atoms with Gasteiger partial charge >= 0.3 is 5.97 Å². The Labute approximate surface area is 335 Å². The molecule has 58 heavy (non-hydrogen) atoms. The minimum Gasteiger partial charge on any atom is -0.458 e. The molecule has 9 atom stereocenters. The highest BCUT2D eigenvalue weighted by atomic mass is 19.1. The summed E-state index contributed by atoms with van der Waals surface area (Å²) in [5.74, 6) is -7.39. The summed E-state index contributed by atoms with van der Waals surface area (Å²) in [6.07, 6.45) is -2.65. The molecular formula is C41H52F2N6O9. The van der Waals surface area contributed by atoms with E-state index in [4.69, 9.17) is 4.74 Å². The van der Waals surface area contributed by atoms with E-state index in [1.807, 2.05) is 26.0 Å². The van der Waals surface area contributed by atoms with E-state index >= 15 is 0 Å². The Morgan fingerprint density at radius 2 is 1.59 bits per heavy atom. The number of fused-ring (bicyclic) bond motifs is 2. The van der Waals surface area contributed by atoms with Gasteiger partial charge in [-0.25, -0.2) is 13.6 Å². The molecule has 4 N–H and O–H groups in total. The van der Waals surface area contributed by atoms with E-state index in [1.54, 1.807) is 12.1 Å². The Hall–Kier alpha value is -5.45. The molecule has 0 spiro atoms. The molecule has 0 aliphatic carbocycles. The number of esters is 1. The lowest BCUT2D eigenvalue weighted by molar-refractivity contribution is -0.163. The van der Waals surface area contributed by atoms with Gasteiger partial charge in [-0.1, -0.05) is 36.8 Å². The number of carbonyl (C=O) groups excluding carboxylic acids is 7. The average Bonchev–Trinajstić information content (AvgIpc) is 3.80. The molecule has 3 heterocycles. The number of likely N-dealkylation sites (N-methyl/N-ethyl adjacent to an activating group) is 1. The molecule has 5 rings (SSSR count). The molecule has 0 radical (unpaired) electrons. The van der Waals surface area contributed by atoms with Crippen LogP contribution >= 0.6 is 0 Å². The Balaban J connectivity index is 1.51. The number of cyclic esters (lactones) is 1. The lowest BCUT2D eigenvalue weighted by Crippen LogP contribution is -2.63. The Kier molecular flexibility index (Phi) is 13.9. The van der Waals surface area contributed by atoms with E-state index in [9.17, 15) is 47.4 Å². The van der Waals surface area contributed by atoms with Crippen LogP contribution in [0.15, 0.2) is 42.5 Å². The van der Waals surface area contributed by atoms with Crippen molar-refractivity contribution in [1.29, 1.82) is 0 Å². The summed E-state index contributed by atoms with van der Waals surface area (Å²) in [4.78, 5) is 101. The highest BCUT2D eigenvalue weighted by Gasteiger charge is 2.47. The summed E-state index contributed by atoms with van der Waals surface area (Å²) in [6.45, 7) is 7.99. The first-order valence-corrected chi connectivity index (χ1v) is 19.5. The van der Waals surface area contributed by atoms with Crippen molar-refractivity contribution in [2.45, 2.75) is 115 Å². The number of aliphatic hydroxyl groups is 1. The summed E-state index contributed by atoms with van der Waals surface area (Å²) in [5.41, 5.74) is 1.61. The van der Waals surface area contributed by atoms with Gasteiger partial charge in [0.25, 0.3) is 0 Å². The van der Waals surface area contributed by atoms with Gasteiger partial charge in [-0.2, -0.15) is 0 Å². The van der Waals surface area contributed by atoms with Crippen molar-refractivity contribution >= 4 is 41.4 Å². The first-order valence-electron chi connectivity index (χ1n) is 19.5. The quantitative estimate of drug-likeness (QED) is 0.281. The summed E-state index contributed by atoms with van der Waals surface area (Å²) in [7, 11) is 1.30. The third kappa shape index (κ3) is 10.2. The maximum atomic E-state index is 14.6. The van der Waals surface area contributed by atoms with Gasteiger partial charge < -0.3 is 40.5 Å². The fraction of sp³-hybridized carbons (Fsp3) is 0.537. The van der Waals surface area contributed by atoms with Crippen LogP contribution in [0, 0.1) is 24.5 Å². The molecule has 314 valence electrons. The van der Waals surface area contributed by atoms with E-state index in [0.717, 1.165) is 22.6 Å². The van der Waals surface area contributed by atoms with Crippen LogP contribution < -0.4 is 16.0 Å². The van der Waals surface area contributed by atoms with Crippen LogP contribution in [-0.4, -0.2) is 130 Å². The molecule has 3 aliphatic rings. The fourth-order valence-electron chi connectivity index (χ4n) is 7.95. The van der Waals surface area contributed by atoms with E-state index in [0.29, 0.717) is 18.1 Å². The number of nitrogens with one attached hydrogen (secondary N) is 3. The SMILES string of the molecule is Cc1ccc(CC(=O)N[C@@H](Cc2cc(F)cc(F)c2)C(=O)N[C@@H]2C(=O)N3CCC[C@H]3C(=O)N(C)[C@@H]([C@H](C)O)C(=O)N[C@@H](C)C(=O)N3C[C@@H](C)C[C@H]3C(=O)O[C@H]2C)cc1. The van der Waals surface area contributed by atoms with Crippen LogP contribution in [0.3, 0.4) is 0 Å². The van der Waals surface area contributed by atoms with Crippen molar-refractivity contribution in [2.75, 3.05) is 20.1 Å². The van der Waals surface area contributed by atoms with Crippen LogP contribution in [-0.2, 0) is 51.1 Å². The normalized spacial score (nSPS) is 27.0. The molecule has 6 amide bonds. The van der Waals surface area contributed by atoms with Crippen molar-refractivity contribution < 1.29 is 52.2 Å². The lowest BCUT2D eigenvalue weighted by atomic mass is 10.0. The van der Waals surface area contributed by atoms with Crippen LogP contribution in [0.2, 0.25) is 0 Å². The zero-order chi connectivity index (χ0) is 42.6. The van der Waals surface area contributed by atoms with Gasteiger partial charge in [-0.15, -0.1) is 0 Å². The van der Waals surface area contributed by atoms with E-state index in [1.165, 1.54) is 37.6 Å². The van der Waals surface area contributed by atoms with Crippen molar-refractivity contribution in [3.8, 4) is 0 Å². The first-order chi connectivity index (χ1) is 27.3. The number of benzene rings is 2. The van der Waals surface area contributed by atoms with Gasteiger partial charge in [-0.05, 0) is 76.1 Å². The molecule has 0 aromatic heterocycles. The number of hydrogen-bond acceptors (Lipinski definition) is 9. The van der Waals surface area contributed by atoms with Gasteiger partial charge in [0.05, 0.1) is 12.5 Å². The summed E-state index contributed by atoms with van der Waals surface area (Å²) in [6, 6.07) is 1.70. The molecule has 3 fully saturated rings. The Morgan fingerprint density at radius 3 is 2.22 bits per heavy atom. The van der Waals surface area contributed by atoms with Crippen LogP contribution in [0.1, 0.15) is 63.6 Å². The minimum absolute atomic E-state index is 0.0244. The van der Waals surface area contributed by atoms with Gasteiger partial charge in [0.15, 0.2) is 0 Å². The first kappa shape index (κ1) is 43.7. The zero-order valence-corrected chi connectivity index (χ0v) is 33.5. The average molecular weight is 811 g/mol. The number of aliphatic hydroxyl groups excluding tert-OH is 1. The molecule has 0 unspecified atom stereocenters. The second-order valence-corrected chi connectivity index (χ2v) is 15.8. The molecule has 0 bridgehead atoms. The molecule has 3 aliphatic heterocycles. The highest BCUT2D eigenvalue weighted by Crippen LogP contribution is 2.27. The maximum absolute atomic E-state index is 14.6.